The van der Waals surface area contributed by atoms with Gasteiger partial charge in [0.1, 0.15) is 17.0 Å². The lowest BCUT2D eigenvalue weighted by atomic mass is 9.96. The molecule has 1 saturated heterocycles. The normalized spacial score (nSPS) is 15.2. The summed E-state index contributed by atoms with van der Waals surface area (Å²) in [4.78, 5) is 20.5. The second kappa shape index (κ2) is 10.6. The number of hydrogen-bond donors (Lipinski definition) is 0. The average molecular weight is 540 g/mol. The Kier molecular flexibility index (Phi) is 7.32. The van der Waals surface area contributed by atoms with Gasteiger partial charge in [-0.15, -0.1) is 0 Å². The Hall–Kier alpha value is -3.21. The molecule has 194 valence electrons. The van der Waals surface area contributed by atoms with Crippen molar-refractivity contribution < 1.29 is 22.4 Å². The number of fused-ring (bicyclic) bond motifs is 1. The molecule has 2 aromatic heterocycles. The Morgan fingerprint density at radius 3 is 2.57 bits per heavy atom. The monoisotopic (exact) mass is 539 g/mol. The molecule has 0 atom stereocenters. The van der Waals surface area contributed by atoms with Crippen LogP contribution in [-0.4, -0.2) is 43.3 Å². The number of para-hydroxylation sites is 1. The van der Waals surface area contributed by atoms with Gasteiger partial charge < -0.3 is 9.15 Å². The van der Waals surface area contributed by atoms with E-state index < -0.39 is 10.0 Å². The lowest BCUT2D eigenvalue weighted by molar-refractivity contribution is -0.123. The van der Waals surface area contributed by atoms with Gasteiger partial charge in [0.2, 0.25) is 15.9 Å². The van der Waals surface area contributed by atoms with Crippen molar-refractivity contribution in [3.63, 3.8) is 0 Å². The summed E-state index contributed by atoms with van der Waals surface area (Å²) in [6, 6.07) is 16.2. The molecule has 0 aliphatic carbocycles. The van der Waals surface area contributed by atoms with Gasteiger partial charge in [0.15, 0.2) is 5.13 Å². The minimum atomic E-state index is -3.60. The lowest BCUT2D eigenvalue weighted by Gasteiger charge is -2.32. The lowest BCUT2D eigenvalue weighted by Crippen LogP contribution is -2.44. The third-order valence-electron chi connectivity index (χ3n) is 6.52. The molecule has 0 radical (unpaired) electrons. The number of carbonyl (C=O) groups excluding carboxylic acids is 1. The van der Waals surface area contributed by atoms with E-state index in [9.17, 15) is 13.2 Å². The summed E-state index contributed by atoms with van der Waals surface area (Å²) >= 11 is 1.43. The van der Waals surface area contributed by atoms with Crippen LogP contribution in [0.5, 0.6) is 5.75 Å². The summed E-state index contributed by atoms with van der Waals surface area (Å²) in [5.74, 6) is 0.929. The van der Waals surface area contributed by atoms with E-state index in [0.29, 0.717) is 36.1 Å². The van der Waals surface area contributed by atoms with Crippen molar-refractivity contribution >= 4 is 42.6 Å². The predicted octanol–water partition coefficient (Wildman–Crippen LogP) is 5.23. The highest BCUT2D eigenvalue weighted by Gasteiger charge is 2.35. The summed E-state index contributed by atoms with van der Waals surface area (Å²) in [7, 11) is -3.60. The summed E-state index contributed by atoms with van der Waals surface area (Å²) < 4.78 is 39.9. The van der Waals surface area contributed by atoms with Gasteiger partial charge >= 0.3 is 0 Å². The molecule has 0 unspecified atom stereocenters. The van der Waals surface area contributed by atoms with Crippen molar-refractivity contribution in [2.75, 3.05) is 24.6 Å². The fourth-order valence-electron chi connectivity index (χ4n) is 4.52. The Bertz CT molecular complexity index is 1470. The average Bonchev–Trinajstić information content (AvgIpc) is 3.58. The van der Waals surface area contributed by atoms with Crippen LogP contribution in [0.15, 0.2) is 70.2 Å². The zero-order chi connectivity index (χ0) is 26.0. The number of ether oxygens (including phenoxy) is 1. The Balaban J connectivity index is 1.37. The van der Waals surface area contributed by atoms with Crippen LogP contribution in [0, 0.1) is 12.8 Å². The molecule has 0 saturated carbocycles. The van der Waals surface area contributed by atoms with E-state index >= 15 is 0 Å². The molecule has 1 aliphatic rings. The fourth-order valence-corrected chi connectivity index (χ4v) is 6.98. The first-order valence-electron chi connectivity index (χ1n) is 12.3. The van der Waals surface area contributed by atoms with Crippen molar-refractivity contribution in [3.05, 3.63) is 72.2 Å². The van der Waals surface area contributed by atoms with Gasteiger partial charge in [0.25, 0.3) is 0 Å². The first-order chi connectivity index (χ1) is 17.9. The molecule has 2 aromatic carbocycles. The van der Waals surface area contributed by atoms with Gasteiger partial charge in [-0.05, 0) is 63.1 Å². The number of piperidine rings is 1. The minimum Gasteiger partial charge on any atom is -0.492 e. The molecule has 0 N–H and O–H groups in total. The SMILES string of the molecule is CCOc1cccc2sc(N(Cc3ccco3)C(=O)C3CCN(S(=O)(=O)c4ccc(C)cc4)CC3)nc12. The quantitative estimate of drug-likeness (QED) is 0.304. The Labute approximate surface area is 220 Å². The highest BCUT2D eigenvalue weighted by molar-refractivity contribution is 7.89. The number of rotatable bonds is 8. The van der Waals surface area contributed by atoms with E-state index in [1.54, 1.807) is 41.5 Å². The van der Waals surface area contributed by atoms with Crippen LogP contribution in [0.2, 0.25) is 0 Å². The molecule has 4 aromatic rings. The molecule has 1 fully saturated rings. The molecule has 0 bridgehead atoms. The molecule has 1 aliphatic heterocycles. The van der Waals surface area contributed by atoms with Gasteiger partial charge in [-0.2, -0.15) is 4.31 Å². The fraction of sp³-hybridized carbons (Fsp3) is 0.333. The Morgan fingerprint density at radius 1 is 1.14 bits per heavy atom. The predicted molar refractivity (Wildman–Crippen MR) is 143 cm³/mol. The number of benzene rings is 2. The largest absolute Gasteiger partial charge is 0.492 e. The van der Waals surface area contributed by atoms with Crippen molar-refractivity contribution in [3.8, 4) is 5.75 Å². The molecule has 10 heteroatoms. The number of aryl methyl sites for hydroxylation is 1. The van der Waals surface area contributed by atoms with Gasteiger partial charge in [0, 0.05) is 19.0 Å². The number of amides is 1. The number of sulfonamides is 1. The van der Waals surface area contributed by atoms with Crippen LogP contribution in [0.3, 0.4) is 0 Å². The van der Waals surface area contributed by atoms with Crippen molar-refractivity contribution in [2.24, 2.45) is 5.92 Å². The second-order valence-electron chi connectivity index (χ2n) is 9.03. The highest BCUT2D eigenvalue weighted by atomic mass is 32.2. The zero-order valence-corrected chi connectivity index (χ0v) is 22.4. The van der Waals surface area contributed by atoms with Crippen LogP contribution >= 0.6 is 11.3 Å². The number of nitrogens with zero attached hydrogens (tertiary/aromatic N) is 3. The molecule has 0 spiro atoms. The van der Waals surface area contributed by atoms with Crippen LogP contribution in [0.4, 0.5) is 5.13 Å². The maximum Gasteiger partial charge on any atom is 0.243 e. The van der Waals surface area contributed by atoms with Gasteiger partial charge in [-0.1, -0.05) is 35.1 Å². The first-order valence-corrected chi connectivity index (χ1v) is 14.6. The number of furan rings is 1. The van der Waals surface area contributed by atoms with Gasteiger partial charge in [-0.3, -0.25) is 9.69 Å². The summed E-state index contributed by atoms with van der Waals surface area (Å²) in [6.07, 6.45) is 2.46. The van der Waals surface area contributed by atoms with Crippen LogP contribution in [-0.2, 0) is 21.4 Å². The van der Waals surface area contributed by atoms with Gasteiger partial charge in [-0.25, -0.2) is 13.4 Å². The molecule has 37 heavy (non-hydrogen) atoms. The first kappa shape index (κ1) is 25.4. The second-order valence-corrected chi connectivity index (χ2v) is 12.0. The van der Waals surface area contributed by atoms with Crippen LogP contribution in [0.25, 0.3) is 10.2 Å². The van der Waals surface area contributed by atoms with Gasteiger partial charge in [0.05, 0.1) is 29.0 Å². The summed E-state index contributed by atoms with van der Waals surface area (Å²) in [5.41, 5.74) is 1.73. The van der Waals surface area contributed by atoms with Crippen molar-refractivity contribution in [2.45, 2.75) is 38.1 Å². The molecule has 5 rings (SSSR count). The van der Waals surface area contributed by atoms with E-state index in [1.807, 2.05) is 38.1 Å². The van der Waals surface area contributed by atoms with Crippen molar-refractivity contribution in [1.82, 2.24) is 9.29 Å². The maximum absolute atomic E-state index is 13.8. The molecular formula is C27H29N3O5S2. The molecule has 1 amide bonds. The van der Waals surface area contributed by atoms with Crippen LogP contribution in [0.1, 0.15) is 31.1 Å². The minimum absolute atomic E-state index is 0.0826. The smallest absolute Gasteiger partial charge is 0.243 e. The molecule has 3 heterocycles. The third-order valence-corrected chi connectivity index (χ3v) is 9.48. The van der Waals surface area contributed by atoms with Crippen LogP contribution < -0.4 is 9.64 Å². The van der Waals surface area contributed by atoms with Crippen molar-refractivity contribution in [1.29, 1.82) is 0 Å². The number of thiazole rings is 1. The number of aromatic nitrogens is 1. The molecule has 8 nitrogen and oxygen atoms in total. The van der Waals surface area contributed by atoms with E-state index in [4.69, 9.17) is 14.1 Å². The number of anilines is 1. The van der Waals surface area contributed by atoms with E-state index in [1.165, 1.54) is 15.6 Å². The van der Waals surface area contributed by atoms with E-state index in [-0.39, 0.29) is 36.4 Å². The molecular weight excluding hydrogens is 510 g/mol. The maximum atomic E-state index is 13.8. The summed E-state index contributed by atoms with van der Waals surface area (Å²) in [6.45, 7) is 5.18. The zero-order valence-electron chi connectivity index (χ0n) is 20.8. The van der Waals surface area contributed by atoms with E-state index in [2.05, 4.69) is 0 Å². The standard InChI is InChI=1S/C27H29N3O5S2/c1-3-34-23-7-4-8-24-25(23)28-27(36-24)30(18-21-6-5-17-35-21)26(31)20-13-15-29(16-14-20)37(32,33)22-11-9-19(2)10-12-22/h4-12,17,20H,3,13-16,18H2,1-2H3. The summed E-state index contributed by atoms with van der Waals surface area (Å²) in [5, 5.41) is 0.568. The third kappa shape index (κ3) is 5.27. The number of hydrogen-bond acceptors (Lipinski definition) is 7. The number of carbonyl (C=O) groups is 1. The Morgan fingerprint density at radius 2 is 1.89 bits per heavy atom. The van der Waals surface area contributed by atoms with E-state index in [0.717, 1.165) is 15.8 Å². The topological polar surface area (TPSA) is 93.0 Å². The highest BCUT2D eigenvalue weighted by Crippen LogP contribution is 2.36.